The van der Waals surface area contributed by atoms with Gasteiger partial charge in [-0.15, -0.1) is 12.4 Å². The van der Waals surface area contributed by atoms with Crippen molar-refractivity contribution in [3.63, 3.8) is 0 Å². The number of aliphatic hydroxyl groups is 5. The fourth-order valence-corrected chi connectivity index (χ4v) is 2.04. The van der Waals surface area contributed by atoms with E-state index in [-0.39, 0.29) is 12.4 Å². The molecule has 2 unspecified atom stereocenters. The van der Waals surface area contributed by atoms with Crippen molar-refractivity contribution in [3.05, 3.63) is 0 Å². The highest BCUT2D eigenvalue weighted by Gasteiger charge is 2.47. The second-order valence-electron chi connectivity index (χ2n) is 5.27. The summed E-state index contributed by atoms with van der Waals surface area (Å²) < 4.78 is 9.43. The summed E-state index contributed by atoms with van der Waals surface area (Å²) in [6.45, 7) is -0.781. The van der Waals surface area contributed by atoms with Crippen molar-refractivity contribution in [2.75, 3.05) is 6.61 Å². The predicted molar refractivity (Wildman–Crippen MR) is 76.6 cm³/mol. The van der Waals surface area contributed by atoms with Gasteiger partial charge >= 0.3 is 17.9 Å². The first-order valence-electron chi connectivity index (χ1n) is 6.69. The van der Waals surface area contributed by atoms with E-state index in [4.69, 9.17) is 20.1 Å². The molecule has 0 saturated carbocycles. The van der Waals surface area contributed by atoms with Crippen LogP contribution in [0.5, 0.6) is 0 Å². The lowest BCUT2D eigenvalue weighted by Gasteiger charge is -2.39. The molecule has 0 spiro atoms. The first-order valence-corrected chi connectivity index (χ1v) is 6.69. The van der Waals surface area contributed by atoms with E-state index in [1.807, 2.05) is 0 Å². The van der Waals surface area contributed by atoms with Gasteiger partial charge in [0.2, 0.25) is 6.29 Å². The molecular formula is C12H19ClO12. The predicted octanol–water partition coefficient (Wildman–Crippen LogP) is -3.57. The Morgan fingerprint density at radius 1 is 1.00 bits per heavy atom. The molecule has 146 valence electrons. The van der Waals surface area contributed by atoms with Gasteiger partial charge in [0.1, 0.15) is 24.4 Å². The van der Waals surface area contributed by atoms with Crippen molar-refractivity contribution in [1.82, 2.24) is 0 Å². The van der Waals surface area contributed by atoms with E-state index in [1.54, 1.807) is 0 Å². The number of halogens is 1. The molecule has 1 aliphatic heterocycles. The van der Waals surface area contributed by atoms with Gasteiger partial charge in [0, 0.05) is 0 Å². The number of hydrogen-bond acceptors (Lipinski definition) is 10. The van der Waals surface area contributed by atoms with Gasteiger partial charge < -0.3 is 45.2 Å². The Hall–Kier alpha value is -1.54. The van der Waals surface area contributed by atoms with E-state index < -0.39 is 73.7 Å². The number of rotatable bonds is 7. The molecule has 12 nitrogen and oxygen atoms in total. The zero-order valence-corrected chi connectivity index (χ0v) is 13.4. The fraction of sp³-hybridized carbons (Fsp3) is 0.750. The molecule has 0 aliphatic carbocycles. The molecule has 0 amide bonds. The minimum atomic E-state index is -2.95. The van der Waals surface area contributed by atoms with Crippen LogP contribution in [0.1, 0.15) is 12.8 Å². The molecule has 0 aromatic rings. The maximum absolute atomic E-state index is 11.7. The summed E-state index contributed by atoms with van der Waals surface area (Å²) in [5, 5.41) is 64.8. The molecule has 1 saturated heterocycles. The molecule has 1 aliphatic rings. The van der Waals surface area contributed by atoms with Crippen LogP contribution in [0.3, 0.4) is 0 Å². The SMILES string of the molecule is Cl.O=C(O)CC(O)(CC(=O)OC1O[C@H](CO)[C@@H](O)[C@H](O)[C@H]1O)C(=O)O. The number of carboxylic acids is 2. The van der Waals surface area contributed by atoms with Gasteiger partial charge in [-0.25, -0.2) is 4.79 Å². The zero-order valence-electron chi connectivity index (χ0n) is 12.6. The summed E-state index contributed by atoms with van der Waals surface area (Å²) >= 11 is 0. The number of aliphatic carboxylic acids is 2. The Bertz CT molecular complexity index is 496. The first kappa shape index (κ1) is 23.5. The zero-order chi connectivity index (χ0) is 18.7. The summed E-state index contributed by atoms with van der Waals surface area (Å²) in [7, 11) is 0. The number of carbonyl (C=O) groups is 3. The quantitative estimate of drug-likeness (QED) is 0.210. The molecule has 0 bridgehead atoms. The van der Waals surface area contributed by atoms with E-state index in [0.717, 1.165) is 0 Å². The summed E-state index contributed by atoms with van der Waals surface area (Å²) in [6, 6.07) is 0. The largest absolute Gasteiger partial charge is 0.481 e. The molecule has 1 rings (SSSR count). The van der Waals surface area contributed by atoms with E-state index in [2.05, 4.69) is 4.74 Å². The molecule has 0 radical (unpaired) electrons. The third-order valence-electron chi connectivity index (χ3n) is 3.37. The number of esters is 1. The van der Waals surface area contributed by atoms with Crippen molar-refractivity contribution in [1.29, 1.82) is 0 Å². The van der Waals surface area contributed by atoms with Gasteiger partial charge in [0.25, 0.3) is 0 Å². The molecule has 0 aromatic heterocycles. The van der Waals surface area contributed by atoms with Crippen LogP contribution in [-0.2, 0) is 23.9 Å². The molecule has 1 fully saturated rings. The Balaban J connectivity index is 0.00000576. The topological polar surface area (TPSA) is 211 Å². The lowest BCUT2D eigenvalue weighted by Crippen LogP contribution is -2.59. The van der Waals surface area contributed by atoms with Crippen molar-refractivity contribution < 1.29 is 59.6 Å². The molecular weight excluding hydrogens is 372 g/mol. The lowest BCUT2D eigenvalue weighted by molar-refractivity contribution is -0.293. The lowest BCUT2D eigenvalue weighted by atomic mass is 9.95. The first-order chi connectivity index (χ1) is 11.0. The standard InChI is InChI=1S/C12H18O12.ClH/c13-3-4-7(17)8(18)9(19)10(23-4)24-6(16)2-12(22,11(20)21)1-5(14)15;/h4,7-10,13,17-19,22H,1-3H2,(H,14,15)(H,20,21);1H/t4-,7-,8+,9-,10?,12?;/m1./s1. The van der Waals surface area contributed by atoms with Crippen LogP contribution in [0, 0.1) is 0 Å². The van der Waals surface area contributed by atoms with Crippen LogP contribution in [-0.4, -0.2) is 96.6 Å². The van der Waals surface area contributed by atoms with Crippen LogP contribution in [0.4, 0.5) is 0 Å². The Morgan fingerprint density at radius 3 is 2.00 bits per heavy atom. The second-order valence-corrected chi connectivity index (χ2v) is 5.27. The number of aliphatic hydroxyl groups excluding tert-OH is 4. The summed E-state index contributed by atoms with van der Waals surface area (Å²) in [5.74, 6) is -5.10. The van der Waals surface area contributed by atoms with E-state index in [0.29, 0.717) is 0 Å². The third kappa shape index (κ3) is 5.74. The number of carbonyl (C=O) groups excluding carboxylic acids is 1. The van der Waals surface area contributed by atoms with Crippen molar-refractivity contribution >= 4 is 30.3 Å². The van der Waals surface area contributed by atoms with Crippen molar-refractivity contribution in [2.24, 2.45) is 0 Å². The minimum absolute atomic E-state index is 0. The highest BCUT2D eigenvalue weighted by atomic mass is 35.5. The number of ether oxygens (including phenoxy) is 2. The van der Waals surface area contributed by atoms with E-state index in [1.165, 1.54) is 0 Å². The maximum Gasteiger partial charge on any atom is 0.336 e. The Kier molecular flexibility index (Phi) is 8.67. The molecule has 7 N–H and O–H groups in total. The van der Waals surface area contributed by atoms with Crippen molar-refractivity contribution in [2.45, 2.75) is 49.1 Å². The van der Waals surface area contributed by atoms with Crippen LogP contribution in [0.2, 0.25) is 0 Å². The molecule has 6 atom stereocenters. The molecule has 0 aromatic carbocycles. The van der Waals surface area contributed by atoms with Gasteiger partial charge in [-0.05, 0) is 0 Å². The van der Waals surface area contributed by atoms with Gasteiger partial charge in [0.05, 0.1) is 19.4 Å². The third-order valence-corrected chi connectivity index (χ3v) is 3.37. The maximum atomic E-state index is 11.7. The highest BCUT2D eigenvalue weighted by molar-refractivity contribution is 5.88. The average Bonchev–Trinajstić information content (AvgIpc) is 2.46. The number of carboxylic acid groups (broad SMARTS) is 2. The smallest absolute Gasteiger partial charge is 0.336 e. The van der Waals surface area contributed by atoms with Crippen LogP contribution >= 0.6 is 12.4 Å². The summed E-state index contributed by atoms with van der Waals surface area (Å²) in [4.78, 5) is 33.2. The summed E-state index contributed by atoms with van der Waals surface area (Å²) in [5.41, 5.74) is -2.95. The Morgan fingerprint density at radius 2 is 1.56 bits per heavy atom. The average molecular weight is 391 g/mol. The Labute approximate surface area is 146 Å². The second kappa shape index (κ2) is 9.24. The van der Waals surface area contributed by atoms with Crippen LogP contribution in [0.25, 0.3) is 0 Å². The molecule has 1 heterocycles. The minimum Gasteiger partial charge on any atom is -0.481 e. The van der Waals surface area contributed by atoms with E-state index in [9.17, 15) is 34.8 Å². The van der Waals surface area contributed by atoms with Crippen LogP contribution in [0.15, 0.2) is 0 Å². The summed E-state index contributed by atoms with van der Waals surface area (Å²) in [6.07, 6.45) is -11.2. The van der Waals surface area contributed by atoms with Gasteiger partial charge in [0.15, 0.2) is 5.60 Å². The van der Waals surface area contributed by atoms with Gasteiger partial charge in [-0.1, -0.05) is 0 Å². The van der Waals surface area contributed by atoms with Gasteiger partial charge in [-0.3, -0.25) is 9.59 Å². The molecule has 13 heteroatoms. The van der Waals surface area contributed by atoms with Crippen molar-refractivity contribution in [3.8, 4) is 0 Å². The van der Waals surface area contributed by atoms with Crippen LogP contribution < -0.4 is 0 Å². The monoisotopic (exact) mass is 390 g/mol. The fourth-order valence-electron chi connectivity index (χ4n) is 2.04. The van der Waals surface area contributed by atoms with Gasteiger partial charge in [-0.2, -0.15) is 0 Å². The highest BCUT2D eigenvalue weighted by Crippen LogP contribution is 2.24. The molecule has 25 heavy (non-hydrogen) atoms. The van der Waals surface area contributed by atoms with E-state index >= 15 is 0 Å². The normalized spacial score (nSPS) is 31.3. The number of hydrogen-bond donors (Lipinski definition) is 7.